The van der Waals surface area contributed by atoms with E-state index in [1.165, 1.54) is 11.1 Å². The molecule has 4 heterocycles. The van der Waals surface area contributed by atoms with Gasteiger partial charge in [-0.2, -0.15) is 5.10 Å². The molecule has 2 saturated heterocycles. The minimum Gasteiger partial charge on any atom is -0.339 e. The molecule has 0 saturated carbocycles. The number of nitrogens with zero attached hydrogens (tertiary/aromatic N) is 3. The third kappa shape index (κ3) is 3.08. The molecule has 2 aliphatic rings. The first-order chi connectivity index (χ1) is 13.8. The molecule has 28 heavy (non-hydrogen) atoms. The minimum atomic E-state index is -0.116. The monoisotopic (exact) mass is 374 g/mol. The fraction of sp³-hybridized carbons (Fsp3) is 0.286. The van der Waals surface area contributed by atoms with Gasteiger partial charge in [0.05, 0.1) is 18.8 Å². The Bertz CT molecular complexity index is 958. The number of hydrogen-bond acceptors (Lipinski definition) is 5. The Labute approximate surface area is 163 Å². The van der Waals surface area contributed by atoms with Gasteiger partial charge in [-0.15, -0.1) is 0 Å². The summed E-state index contributed by atoms with van der Waals surface area (Å²) >= 11 is 0. The maximum atomic E-state index is 12.5. The van der Waals surface area contributed by atoms with Gasteiger partial charge in [0.15, 0.2) is 0 Å². The normalized spacial score (nSPS) is 26.6. The number of carbonyl (C=O) groups excluding carboxylic acids is 1. The number of amides is 1. The van der Waals surface area contributed by atoms with Crippen LogP contribution in [0.2, 0.25) is 0 Å². The number of aromatic nitrogens is 3. The molecule has 3 aromatic rings. The molecule has 1 amide bonds. The summed E-state index contributed by atoms with van der Waals surface area (Å²) < 4.78 is 1.92. The van der Waals surface area contributed by atoms with Gasteiger partial charge in [0.25, 0.3) is 0 Å². The number of benzene rings is 1. The van der Waals surface area contributed by atoms with Crippen molar-refractivity contribution in [3.05, 3.63) is 83.9 Å². The maximum absolute atomic E-state index is 12.5. The van der Waals surface area contributed by atoms with Crippen LogP contribution < -0.4 is 16.2 Å². The zero-order valence-corrected chi connectivity index (χ0v) is 15.3. The van der Waals surface area contributed by atoms with E-state index in [4.69, 9.17) is 0 Å². The van der Waals surface area contributed by atoms with E-state index in [1.807, 2.05) is 35.3 Å². The molecule has 2 aromatic heterocycles. The second-order valence-electron chi connectivity index (χ2n) is 7.39. The van der Waals surface area contributed by atoms with Crippen molar-refractivity contribution < 1.29 is 4.79 Å². The summed E-state index contributed by atoms with van der Waals surface area (Å²) in [6, 6.07) is 14.4. The van der Waals surface area contributed by atoms with Crippen LogP contribution in [0.5, 0.6) is 0 Å². The highest BCUT2D eigenvalue weighted by Crippen LogP contribution is 2.43. The Kier molecular flexibility index (Phi) is 4.38. The van der Waals surface area contributed by atoms with Crippen molar-refractivity contribution in [3.8, 4) is 0 Å². The predicted molar refractivity (Wildman–Crippen MR) is 104 cm³/mol. The molecule has 2 aliphatic heterocycles. The van der Waals surface area contributed by atoms with Crippen LogP contribution in [0.4, 0.5) is 0 Å². The molecular formula is C21H22N6O. The zero-order chi connectivity index (χ0) is 18.9. The van der Waals surface area contributed by atoms with Crippen LogP contribution in [-0.2, 0) is 11.3 Å². The van der Waals surface area contributed by atoms with Crippen LogP contribution in [0.3, 0.4) is 0 Å². The fourth-order valence-corrected chi connectivity index (χ4v) is 4.52. The van der Waals surface area contributed by atoms with Gasteiger partial charge < -0.3 is 5.32 Å². The number of rotatable bonds is 4. The highest BCUT2D eigenvalue weighted by Gasteiger charge is 2.47. The molecule has 7 heteroatoms. The third-order valence-electron chi connectivity index (χ3n) is 5.74. The quantitative estimate of drug-likeness (QED) is 0.648. The zero-order valence-electron chi connectivity index (χ0n) is 15.3. The summed E-state index contributed by atoms with van der Waals surface area (Å²) in [5.74, 6) is 0.347. The van der Waals surface area contributed by atoms with Gasteiger partial charge in [-0.05, 0) is 28.8 Å². The molecule has 2 fully saturated rings. The highest BCUT2D eigenvalue weighted by atomic mass is 16.2. The van der Waals surface area contributed by atoms with E-state index in [9.17, 15) is 4.79 Å². The third-order valence-corrected chi connectivity index (χ3v) is 5.74. The fourth-order valence-electron chi connectivity index (χ4n) is 4.52. The van der Waals surface area contributed by atoms with Gasteiger partial charge >= 0.3 is 0 Å². The molecular weight excluding hydrogens is 352 g/mol. The van der Waals surface area contributed by atoms with Crippen LogP contribution in [0, 0.1) is 5.92 Å². The average Bonchev–Trinajstić information content (AvgIpc) is 3.38. The second kappa shape index (κ2) is 7.18. The molecule has 4 atom stereocenters. The molecule has 7 nitrogen and oxygen atoms in total. The lowest BCUT2D eigenvalue weighted by Gasteiger charge is -2.37. The van der Waals surface area contributed by atoms with Crippen molar-refractivity contribution in [2.75, 3.05) is 0 Å². The molecule has 1 aromatic carbocycles. The van der Waals surface area contributed by atoms with Gasteiger partial charge in [0, 0.05) is 43.0 Å². The van der Waals surface area contributed by atoms with E-state index in [1.54, 1.807) is 12.4 Å². The summed E-state index contributed by atoms with van der Waals surface area (Å²) in [6.07, 6.45) is 7.78. The minimum absolute atomic E-state index is 0.0706. The summed E-state index contributed by atoms with van der Waals surface area (Å²) in [4.78, 5) is 16.7. The maximum Gasteiger partial charge on any atom is 0.221 e. The SMILES string of the molecule is O=C1CC(c2ccccc2Cn2cccn2)C2C(NNC2c2cccnc2)N1. The van der Waals surface area contributed by atoms with Gasteiger partial charge in [-0.25, -0.2) is 10.9 Å². The largest absolute Gasteiger partial charge is 0.339 e. The molecule has 4 unspecified atom stereocenters. The number of piperidine rings is 1. The van der Waals surface area contributed by atoms with Gasteiger partial charge in [-0.1, -0.05) is 30.3 Å². The lowest BCUT2D eigenvalue weighted by molar-refractivity contribution is -0.125. The molecule has 0 bridgehead atoms. The van der Waals surface area contributed by atoms with Gasteiger partial charge in [0.1, 0.15) is 0 Å². The summed E-state index contributed by atoms with van der Waals surface area (Å²) in [7, 11) is 0. The van der Waals surface area contributed by atoms with Crippen LogP contribution in [0.25, 0.3) is 0 Å². The first-order valence-corrected chi connectivity index (χ1v) is 9.55. The Hall–Kier alpha value is -3.03. The highest BCUT2D eigenvalue weighted by molar-refractivity contribution is 5.78. The van der Waals surface area contributed by atoms with Crippen molar-refractivity contribution in [2.45, 2.75) is 31.1 Å². The molecule has 0 spiro atoms. The lowest BCUT2D eigenvalue weighted by atomic mass is 9.73. The first kappa shape index (κ1) is 17.1. The summed E-state index contributed by atoms with van der Waals surface area (Å²) in [5, 5.41) is 7.44. The van der Waals surface area contributed by atoms with E-state index in [-0.39, 0.29) is 30.0 Å². The first-order valence-electron chi connectivity index (χ1n) is 9.55. The molecule has 0 radical (unpaired) electrons. The molecule has 3 N–H and O–H groups in total. The number of hydrogen-bond donors (Lipinski definition) is 3. The molecule has 5 rings (SSSR count). The van der Waals surface area contributed by atoms with E-state index >= 15 is 0 Å². The Balaban J connectivity index is 1.53. The lowest BCUT2D eigenvalue weighted by Crippen LogP contribution is -2.52. The number of carbonyl (C=O) groups is 1. The van der Waals surface area contributed by atoms with E-state index in [0.717, 1.165) is 5.56 Å². The average molecular weight is 374 g/mol. The van der Waals surface area contributed by atoms with Crippen LogP contribution in [-0.4, -0.2) is 26.8 Å². The number of pyridine rings is 1. The van der Waals surface area contributed by atoms with Crippen LogP contribution >= 0.6 is 0 Å². The summed E-state index contributed by atoms with van der Waals surface area (Å²) in [6.45, 7) is 0.692. The van der Waals surface area contributed by atoms with E-state index in [0.29, 0.717) is 13.0 Å². The van der Waals surface area contributed by atoms with Crippen molar-refractivity contribution >= 4 is 5.91 Å². The molecule has 142 valence electrons. The smallest absolute Gasteiger partial charge is 0.221 e. The standard InChI is InChI=1S/C21H22N6O/c28-18-11-17(16-7-2-1-5-15(16)13-27-10-4-9-23-27)19-20(25-26-21(19)24-18)14-6-3-8-22-12-14/h1-10,12,17,19-21,25-26H,11,13H2,(H,24,28). The van der Waals surface area contributed by atoms with Gasteiger partial charge in [0.2, 0.25) is 5.91 Å². The molecule has 0 aliphatic carbocycles. The summed E-state index contributed by atoms with van der Waals surface area (Å²) in [5.41, 5.74) is 10.2. The Morgan fingerprint density at radius 1 is 1.07 bits per heavy atom. The van der Waals surface area contributed by atoms with Crippen molar-refractivity contribution in [1.82, 2.24) is 30.9 Å². The van der Waals surface area contributed by atoms with Crippen LogP contribution in [0.15, 0.2) is 67.3 Å². The second-order valence-corrected chi connectivity index (χ2v) is 7.39. The van der Waals surface area contributed by atoms with Crippen LogP contribution in [0.1, 0.15) is 35.1 Å². The van der Waals surface area contributed by atoms with Crippen molar-refractivity contribution in [3.63, 3.8) is 0 Å². The topological polar surface area (TPSA) is 83.9 Å². The van der Waals surface area contributed by atoms with Crippen molar-refractivity contribution in [2.24, 2.45) is 5.92 Å². The Morgan fingerprint density at radius 3 is 2.82 bits per heavy atom. The Morgan fingerprint density at radius 2 is 2.00 bits per heavy atom. The predicted octanol–water partition coefficient (Wildman–Crippen LogP) is 1.72. The van der Waals surface area contributed by atoms with Crippen molar-refractivity contribution in [1.29, 1.82) is 0 Å². The number of hydrazine groups is 1. The van der Waals surface area contributed by atoms with E-state index < -0.39 is 0 Å². The van der Waals surface area contributed by atoms with E-state index in [2.05, 4.69) is 50.5 Å². The van der Waals surface area contributed by atoms with Gasteiger partial charge in [-0.3, -0.25) is 14.5 Å². The number of nitrogens with one attached hydrogen (secondary N) is 3. The number of fused-ring (bicyclic) bond motifs is 1.